The molecule has 2 N–H and O–H groups in total. The molecule has 1 aromatic carbocycles. The number of hydrogen-bond acceptors (Lipinski definition) is 2. The third-order valence-corrected chi connectivity index (χ3v) is 5.52. The molecular weight excluding hydrogens is 307 g/mol. The number of nitrogens with two attached hydrogens (primary N) is 1. The van der Waals surface area contributed by atoms with Gasteiger partial charge in [0.1, 0.15) is 0 Å². The number of piperidine rings is 1. The van der Waals surface area contributed by atoms with Crippen molar-refractivity contribution in [3.63, 3.8) is 0 Å². The van der Waals surface area contributed by atoms with E-state index in [-0.39, 0.29) is 29.8 Å². The van der Waals surface area contributed by atoms with Crippen molar-refractivity contribution in [3.8, 4) is 0 Å². The van der Waals surface area contributed by atoms with Crippen LogP contribution in [0.1, 0.15) is 37.7 Å². The van der Waals surface area contributed by atoms with Crippen LogP contribution in [-0.4, -0.2) is 29.4 Å². The molecule has 1 saturated heterocycles. The topological polar surface area (TPSA) is 46.3 Å². The van der Waals surface area contributed by atoms with Crippen molar-refractivity contribution in [3.05, 3.63) is 33.8 Å². The Labute approximate surface area is 135 Å². The zero-order chi connectivity index (χ0) is 15.1. The first-order chi connectivity index (χ1) is 9.99. The summed E-state index contributed by atoms with van der Waals surface area (Å²) in [6.07, 6.45) is 2.65. The average molecular weight is 327 g/mol. The molecule has 0 radical (unpaired) electrons. The second-order valence-corrected chi connectivity index (χ2v) is 7.04. The maximum absolute atomic E-state index is 12.7. The number of carbonyl (C=O) groups excluding carboxylic acids is 1. The summed E-state index contributed by atoms with van der Waals surface area (Å²) in [7, 11) is 0. The smallest absolute Gasteiger partial charge is 0.226 e. The summed E-state index contributed by atoms with van der Waals surface area (Å²) in [6.45, 7) is 2.86. The minimum absolute atomic E-state index is 0.0535. The van der Waals surface area contributed by atoms with Crippen LogP contribution in [0.2, 0.25) is 10.0 Å². The molecule has 4 atom stereocenters. The predicted octanol–water partition coefficient (Wildman–Crippen LogP) is 3.44. The van der Waals surface area contributed by atoms with Gasteiger partial charge in [-0.15, -0.1) is 0 Å². The largest absolute Gasteiger partial charge is 0.340 e. The Balaban J connectivity index is 1.70. The van der Waals surface area contributed by atoms with Crippen LogP contribution in [0.4, 0.5) is 0 Å². The van der Waals surface area contributed by atoms with E-state index in [0.717, 1.165) is 31.4 Å². The maximum atomic E-state index is 12.7. The molecule has 1 saturated carbocycles. The van der Waals surface area contributed by atoms with Crippen molar-refractivity contribution >= 4 is 29.1 Å². The van der Waals surface area contributed by atoms with E-state index in [9.17, 15) is 4.79 Å². The lowest BCUT2D eigenvalue weighted by molar-refractivity contribution is -0.136. The number of halogens is 2. The summed E-state index contributed by atoms with van der Waals surface area (Å²) in [5.74, 6) is 0.514. The third kappa shape index (κ3) is 2.92. The summed E-state index contributed by atoms with van der Waals surface area (Å²) in [4.78, 5) is 14.7. The van der Waals surface area contributed by atoms with E-state index >= 15 is 0 Å². The molecule has 1 aliphatic carbocycles. The normalized spacial score (nSPS) is 32.1. The number of hydrogen-bond donors (Lipinski definition) is 1. The minimum atomic E-state index is 0.0535. The molecule has 1 amide bonds. The molecule has 1 aliphatic heterocycles. The van der Waals surface area contributed by atoms with Crippen LogP contribution in [0.3, 0.4) is 0 Å². The summed E-state index contributed by atoms with van der Waals surface area (Å²) >= 11 is 12.3. The van der Waals surface area contributed by atoms with Gasteiger partial charge in [0.15, 0.2) is 0 Å². The monoisotopic (exact) mass is 326 g/mol. The molecule has 114 valence electrons. The zero-order valence-electron chi connectivity index (χ0n) is 12.1. The molecule has 2 aliphatic rings. The van der Waals surface area contributed by atoms with Crippen LogP contribution < -0.4 is 5.73 Å². The Morgan fingerprint density at radius 3 is 2.81 bits per heavy atom. The fourth-order valence-corrected chi connectivity index (χ4v) is 3.82. The Bertz CT molecular complexity index is 563. The summed E-state index contributed by atoms with van der Waals surface area (Å²) in [5, 5.41) is 1.15. The zero-order valence-corrected chi connectivity index (χ0v) is 13.6. The lowest BCUT2D eigenvalue weighted by atomic mass is 9.98. The van der Waals surface area contributed by atoms with Crippen molar-refractivity contribution in [1.29, 1.82) is 0 Å². The van der Waals surface area contributed by atoms with Crippen LogP contribution in [-0.2, 0) is 4.79 Å². The van der Waals surface area contributed by atoms with Crippen LogP contribution in [0, 0.1) is 5.92 Å². The van der Waals surface area contributed by atoms with Gasteiger partial charge in [-0.25, -0.2) is 0 Å². The SMILES string of the molecule is C[C@@H]1C[C@H](N)CCN1C(=O)[C@@H]1C[C@@H]1c1cccc(Cl)c1Cl. The van der Waals surface area contributed by atoms with Gasteiger partial charge in [-0.05, 0) is 43.7 Å². The Hall–Kier alpha value is -0.770. The molecule has 1 aromatic rings. The lowest BCUT2D eigenvalue weighted by Crippen LogP contribution is -2.49. The predicted molar refractivity (Wildman–Crippen MR) is 85.7 cm³/mol. The highest BCUT2D eigenvalue weighted by Crippen LogP contribution is 2.51. The quantitative estimate of drug-likeness (QED) is 0.904. The molecule has 21 heavy (non-hydrogen) atoms. The number of nitrogens with zero attached hydrogens (tertiary/aromatic N) is 1. The number of likely N-dealkylation sites (tertiary alicyclic amines) is 1. The average Bonchev–Trinajstić information content (AvgIpc) is 3.21. The molecule has 0 bridgehead atoms. The third-order valence-electron chi connectivity index (χ3n) is 4.69. The highest BCUT2D eigenvalue weighted by molar-refractivity contribution is 6.42. The molecule has 1 heterocycles. The maximum Gasteiger partial charge on any atom is 0.226 e. The molecule has 0 unspecified atom stereocenters. The van der Waals surface area contributed by atoms with E-state index in [2.05, 4.69) is 6.92 Å². The first kappa shape index (κ1) is 15.1. The van der Waals surface area contributed by atoms with Crippen molar-refractivity contribution in [2.24, 2.45) is 11.7 Å². The molecule has 5 heteroatoms. The van der Waals surface area contributed by atoms with Gasteiger partial charge in [0.2, 0.25) is 5.91 Å². The van der Waals surface area contributed by atoms with E-state index < -0.39 is 0 Å². The van der Waals surface area contributed by atoms with E-state index in [1.54, 1.807) is 6.07 Å². The number of rotatable bonds is 2. The van der Waals surface area contributed by atoms with Crippen LogP contribution in [0.15, 0.2) is 18.2 Å². The van der Waals surface area contributed by atoms with Gasteiger partial charge >= 0.3 is 0 Å². The van der Waals surface area contributed by atoms with E-state index in [4.69, 9.17) is 28.9 Å². The second-order valence-electron chi connectivity index (χ2n) is 6.26. The molecule has 2 fully saturated rings. The van der Waals surface area contributed by atoms with Crippen molar-refractivity contribution in [2.75, 3.05) is 6.54 Å². The summed E-state index contributed by atoms with van der Waals surface area (Å²) in [6, 6.07) is 6.10. The molecule has 0 aromatic heterocycles. The fraction of sp³-hybridized carbons (Fsp3) is 0.562. The van der Waals surface area contributed by atoms with Gasteiger partial charge in [0, 0.05) is 24.5 Å². The van der Waals surface area contributed by atoms with E-state index in [1.165, 1.54) is 0 Å². The second kappa shape index (κ2) is 5.79. The van der Waals surface area contributed by atoms with Crippen molar-refractivity contribution in [2.45, 2.75) is 44.2 Å². The van der Waals surface area contributed by atoms with Gasteiger partial charge in [0.05, 0.1) is 10.0 Å². The van der Waals surface area contributed by atoms with Gasteiger partial charge in [-0.3, -0.25) is 4.79 Å². The van der Waals surface area contributed by atoms with Gasteiger partial charge < -0.3 is 10.6 Å². The molecule has 3 nitrogen and oxygen atoms in total. The number of benzene rings is 1. The Morgan fingerprint density at radius 2 is 2.10 bits per heavy atom. The number of carbonyl (C=O) groups is 1. The van der Waals surface area contributed by atoms with Crippen LogP contribution >= 0.6 is 23.2 Å². The summed E-state index contributed by atoms with van der Waals surface area (Å²) < 4.78 is 0. The van der Waals surface area contributed by atoms with Crippen molar-refractivity contribution < 1.29 is 4.79 Å². The van der Waals surface area contributed by atoms with E-state index in [1.807, 2.05) is 17.0 Å². The van der Waals surface area contributed by atoms with Crippen LogP contribution in [0.5, 0.6) is 0 Å². The van der Waals surface area contributed by atoms with Gasteiger partial charge in [-0.2, -0.15) is 0 Å². The van der Waals surface area contributed by atoms with E-state index in [0.29, 0.717) is 10.0 Å². The highest BCUT2D eigenvalue weighted by Gasteiger charge is 2.47. The Morgan fingerprint density at radius 1 is 1.33 bits per heavy atom. The lowest BCUT2D eigenvalue weighted by Gasteiger charge is -2.36. The first-order valence-corrected chi connectivity index (χ1v) is 8.24. The standard InChI is InChI=1S/C16H20Cl2N2O/c1-9-7-10(19)5-6-20(9)16(21)13-8-12(13)11-3-2-4-14(17)15(11)18/h2-4,9-10,12-13H,5-8,19H2,1H3/t9-,10-,12-,13-/m1/s1. The summed E-state index contributed by atoms with van der Waals surface area (Å²) in [5.41, 5.74) is 6.97. The van der Waals surface area contributed by atoms with Crippen LogP contribution in [0.25, 0.3) is 0 Å². The molecule has 3 rings (SSSR count). The fourth-order valence-electron chi connectivity index (χ4n) is 3.37. The first-order valence-electron chi connectivity index (χ1n) is 7.49. The number of amides is 1. The minimum Gasteiger partial charge on any atom is -0.340 e. The van der Waals surface area contributed by atoms with Gasteiger partial charge in [0.25, 0.3) is 0 Å². The molecular formula is C16H20Cl2N2O. The van der Waals surface area contributed by atoms with Gasteiger partial charge in [-0.1, -0.05) is 35.3 Å². The molecule has 0 spiro atoms. The highest BCUT2D eigenvalue weighted by atomic mass is 35.5. The Kier molecular flexibility index (Phi) is 4.17. The van der Waals surface area contributed by atoms with Crippen molar-refractivity contribution in [1.82, 2.24) is 4.90 Å².